The molecule has 1 unspecified atom stereocenters. The maximum Gasteiger partial charge on any atom is 0.337 e. The number of hydrogen-bond donors (Lipinski definition) is 1. The van der Waals surface area contributed by atoms with E-state index in [1.165, 1.54) is 0 Å². The van der Waals surface area contributed by atoms with E-state index in [1.807, 2.05) is 73.7 Å². The number of ether oxygens (including phenoxy) is 2. The van der Waals surface area contributed by atoms with Crippen molar-refractivity contribution in [2.24, 2.45) is 5.92 Å². The Morgan fingerprint density at radius 1 is 0.900 bits per heavy atom. The second-order valence-electron chi connectivity index (χ2n) is 12.2. The number of imidazole rings is 1. The van der Waals surface area contributed by atoms with Gasteiger partial charge in [-0.2, -0.15) is 0 Å². The van der Waals surface area contributed by atoms with Gasteiger partial charge in [0.1, 0.15) is 11.3 Å². The van der Waals surface area contributed by atoms with Crippen molar-refractivity contribution < 1.29 is 19.1 Å². The molecule has 0 amide bonds. The fraction of sp³-hybridized carbons (Fsp3) is 0.244. The standard InChI is InChI=1S/C41H39N5O4/c1-5-49-41(48)37-33(20-15-29-11-7-6-8-12-29)36(40(47)50-24-10-14-30-13-9-22-42-25-30)28(4)44-38(37)31-16-18-32(19-17-31)46-35-21-23-43-26-34(35)45-39(46)27(2)3/h6-9,11-13,16-19,21-23,25-27,33,44H,5,15,20,24H2,1-4H3. The number of aryl methyl sites for hydroxylation is 1. The normalized spacial score (nSPS) is 14.3. The highest BCUT2D eigenvalue weighted by Crippen LogP contribution is 2.38. The molecule has 3 aromatic heterocycles. The zero-order valence-corrected chi connectivity index (χ0v) is 28.6. The zero-order chi connectivity index (χ0) is 35.0. The van der Waals surface area contributed by atoms with Crippen LogP contribution < -0.4 is 5.32 Å². The van der Waals surface area contributed by atoms with Gasteiger partial charge >= 0.3 is 11.9 Å². The van der Waals surface area contributed by atoms with Crippen LogP contribution in [-0.2, 0) is 25.5 Å². The number of rotatable bonds is 10. The molecule has 1 atom stereocenters. The highest BCUT2D eigenvalue weighted by molar-refractivity contribution is 6.03. The molecule has 0 saturated heterocycles. The van der Waals surface area contributed by atoms with E-state index in [0.717, 1.165) is 39.2 Å². The second kappa shape index (κ2) is 15.5. The molecule has 252 valence electrons. The smallest absolute Gasteiger partial charge is 0.337 e. The van der Waals surface area contributed by atoms with E-state index < -0.39 is 17.9 Å². The van der Waals surface area contributed by atoms with Gasteiger partial charge in [-0.15, -0.1) is 0 Å². The number of benzene rings is 2. The van der Waals surface area contributed by atoms with Gasteiger partial charge < -0.3 is 14.8 Å². The first-order chi connectivity index (χ1) is 24.4. The summed E-state index contributed by atoms with van der Waals surface area (Å²) < 4.78 is 13.5. The van der Waals surface area contributed by atoms with Gasteiger partial charge in [-0.05, 0) is 68.1 Å². The van der Waals surface area contributed by atoms with Crippen LogP contribution in [0.4, 0.5) is 0 Å². The van der Waals surface area contributed by atoms with Gasteiger partial charge in [-0.25, -0.2) is 14.6 Å². The van der Waals surface area contributed by atoms with E-state index in [4.69, 9.17) is 14.5 Å². The van der Waals surface area contributed by atoms with Gasteiger partial charge in [0.25, 0.3) is 0 Å². The third-order valence-corrected chi connectivity index (χ3v) is 8.55. The van der Waals surface area contributed by atoms with Crippen molar-refractivity contribution in [2.75, 3.05) is 13.2 Å². The van der Waals surface area contributed by atoms with Gasteiger partial charge in [0.15, 0.2) is 6.61 Å². The molecule has 0 fully saturated rings. The predicted molar refractivity (Wildman–Crippen MR) is 193 cm³/mol. The first-order valence-electron chi connectivity index (χ1n) is 16.8. The van der Waals surface area contributed by atoms with Gasteiger partial charge in [-0.1, -0.05) is 68.2 Å². The average Bonchev–Trinajstić information content (AvgIpc) is 3.53. The lowest BCUT2D eigenvalue weighted by Gasteiger charge is -2.31. The molecule has 6 rings (SSSR count). The summed E-state index contributed by atoms with van der Waals surface area (Å²) in [6.07, 6.45) is 7.97. The van der Waals surface area contributed by atoms with Crippen LogP contribution in [0.3, 0.4) is 0 Å². The Morgan fingerprint density at radius 2 is 1.66 bits per heavy atom. The summed E-state index contributed by atoms with van der Waals surface area (Å²) in [6, 6.07) is 23.6. The molecule has 1 N–H and O–H groups in total. The summed E-state index contributed by atoms with van der Waals surface area (Å²) in [7, 11) is 0. The number of nitrogens with one attached hydrogen (secondary N) is 1. The van der Waals surface area contributed by atoms with Crippen LogP contribution in [0.15, 0.2) is 114 Å². The first kappa shape index (κ1) is 33.9. The van der Waals surface area contributed by atoms with E-state index in [1.54, 1.807) is 37.8 Å². The minimum absolute atomic E-state index is 0.111. The number of dihydropyridines is 1. The number of aromatic nitrogens is 4. The maximum atomic E-state index is 13.9. The molecule has 0 saturated carbocycles. The lowest BCUT2D eigenvalue weighted by Crippen LogP contribution is -2.34. The third-order valence-electron chi connectivity index (χ3n) is 8.55. The lowest BCUT2D eigenvalue weighted by molar-refractivity contribution is -0.139. The van der Waals surface area contributed by atoms with Crippen molar-refractivity contribution in [3.8, 4) is 17.5 Å². The topological polar surface area (TPSA) is 108 Å². The molecular weight excluding hydrogens is 626 g/mol. The highest BCUT2D eigenvalue weighted by atomic mass is 16.5. The SMILES string of the molecule is CCOC(=O)C1=C(c2ccc(-n3c(C(C)C)nc4cnccc43)cc2)NC(C)=C(C(=O)OCC#Cc2cccnc2)C1CCc1ccccc1. The van der Waals surface area contributed by atoms with Crippen LogP contribution in [0, 0.1) is 17.8 Å². The van der Waals surface area contributed by atoms with Crippen LogP contribution in [0.5, 0.6) is 0 Å². The van der Waals surface area contributed by atoms with Crippen molar-refractivity contribution in [1.82, 2.24) is 24.8 Å². The van der Waals surface area contributed by atoms with E-state index in [0.29, 0.717) is 35.4 Å². The fourth-order valence-electron chi connectivity index (χ4n) is 6.26. The summed E-state index contributed by atoms with van der Waals surface area (Å²) >= 11 is 0. The number of hydrogen-bond acceptors (Lipinski definition) is 8. The van der Waals surface area contributed by atoms with E-state index in [9.17, 15) is 9.59 Å². The minimum atomic E-state index is -0.596. The molecule has 0 bridgehead atoms. The zero-order valence-electron chi connectivity index (χ0n) is 28.6. The summed E-state index contributed by atoms with van der Waals surface area (Å²) in [6.45, 7) is 7.92. The van der Waals surface area contributed by atoms with Crippen LogP contribution in [0.1, 0.15) is 62.5 Å². The maximum absolute atomic E-state index is 13.9. The summed E-state index contributed by atoms with van der Waals surface area (Å²) in [4.78, 5) is 40.8. The fourth-order valence-corrected chi connectivity index (χ4v) is 6.26. The minimum Gasteiger partial charge on any atom is -0.463 e. The molecule has 0 spiro atoms. The van der Waals surface area contributed by atoms with Crippen LogP contribution in [0.25, 0.3) is 22.4 Å². The highest BCUT2D eigenvalue weighted by Gasteiger charge is 2.38. The molecule has 5 aromatic rings. The largest absolute Gasteiger partial charge is 0.463 e. The Hall–Kier alpha value is -6.01. The number of pyridine rings is 2. The van der Waals surface area contributed by atoms with Gasteiger partial charge in [-0.3, -0.25) is 14.5 Å². The number of carbonyl (C=O) groups is 2. The molecule has 4 heterocycles. The average molecular weight is 666 g/mol. The van der Waals surface area contributed by atoms with Gasteiger partial charge in [0.05, 0.1) is 35.2 Å². The Labute approximate surface area is 292 Å². The molecule has 9 heteroatoms. The van der Waals surface area contributed by atoms with Gasteiger partial charge in [0.2, 0.25) is 0 Å². The van der Waals surface area contributed by atoms with Crippen molar-refractivity contribution in [3.63, 3.8) is 0 Å². The third kappa shape index (κ3) is 7.35. The van der Waals surface area contributed by atoms with Crippen LogP contribution >= 0.6 is 0 Å². The number of nitrogens with zero attached hydrogens (tertiary/aromatic N) is 4. The van der Waals surface area contributed by atoms with Crippen LogP contribution in [0.2, 0.25) is 0 Å². The monoisotopic (exact) mass is 665 g/mol. The van der Waals surface area contributed by atoms with Crippen LogP contribution in [-0.4, -0.2) is 44.7 Å². The Kier molecular flexibility index (Phi) is 10.5. The first-order valence-corrected chi connectivity index (χ1v) is 16.8. The molecule has 9 nitrogen and oxygen atoms in total. The predicted octanol–water partition coefficient (Wildman–Crippen LogP) is 6.93. The Morgan fingerprint density at radius 3 is 2.38 bits per heavy atom. The lowest BCUT2D eigenvalue weighted by atomic mass is 9.80. The quantitative estimate of drug-likeness (QED) is 0.126. The summed E-state index contributed by atoms with van der Waals surface area (Å²) in [5.74, 6) is 5.35. The molecule has 1 aliphatic rings. The van der Waals surface area contributed by atoms with Crippen molar-refractivity contribution in [3.05, 3.63) is 137 Å². The van der Waals surface area contributed by atoms with Crippen molar-refractivity contribution in [1.29, 1.82) is 0 Å². The van der Waals surface area contributed by atoms with E-state index in [-0.39, 0.29) is 19.1 Å². The molecule has 0 radical (unpaired) electrons. The summed E-state index contributed by atoms with van der Waals surface area (Å²) in [5.41, 5.74) is 7.30. The number of allylic oxidation sites excluding steroid dienone is 1. The molecule has 1 aliphatic heterocycles. The summed E-state index contributed by atoms with van der Waals surface area (Å²) in [5, 5.41) is 3.40. The number of carbonyl (C=O) groups excluding carboxylic acids is 2. The van der Waals surface area contributed by atoms with Crippen molar-refractivity contribution in [2.45, 2.75) is 46.5 Å². The molecule has 50 heavy (non-hydrogen) atoms. The molecular formula is C41H39N5O4. The van der Waals surface area contributed by atoms with E-state index in [2.05, 4.69) is 45.5 Å². The van der Waals surface area contributed by atoms with E-state index >= 15 is 0 Å². The van der Waals surface area contributed by atoms with Crippen molar-refractivity contribution >= 4 is 28.7 Å². The Balaban J connectivity index is 1.38. The second-order valence-corrected chi connectivity index (χ2v) is 12.2. The van der Waals surface area contributed by atoms with Gasteiger partial charge in [0, 0.05) is 47.4 Å². The molecule has 0 aliphatic carbocycles. The number of esters is 2. The molecule has 2 aromatic carbocycles. The number of fused-ring (bicyclic) bond motifs is 1. The Bertz CT molecular complexity index is 2120.